The van der Waals surface area contributed by atoms with Gasteiger partial charge in [0.2, 0.25) is 11.9 Å². The molecule has 1 aliphatic carbocycles. The van der Waals surface area contributed by atoms with Gasteiger partial charge in [-0.25, -0.2) is 4.68 Å². The average molecular weight is 408 g/mol. The van der Waals surface area contributed by atoms with Crippen LogP contribution < -0.4 is 10.1 Å². The smallest absolute Gasteiger partial charge is 0.248 e. The number of hydrogen-bond acceptors (Lipinski definition) is 6. The van der Waals surface area contributed by atoms with E-state index in [1.807, 2.05) is 30.3 Å². The van der Waals surface area contributed by atoms with Crippen molar-refractivity contribution in [2.24, 2.45) is 5.92 Å². The highest BCUT2D eigenvalue weighted by atomic mass is 16.5. The molecule has 2 N–H and O–H groups in total. The van der Waals surface area contributed by atoms with Crippen LogP contribution in [0.5, 0.6) is 5.75 Å². The highest BCUT2D eigenvalue weighted by Gasteiger charge is 2.38. The minimum Gasteiger partial charge on any atom is -0.494 e. The summed E-state index contributed by atoms with van der Waals surface area (Å²) in [5.41, 5.74) is 1.61. The first-order valence-corrected chi connectivity index (χ1v) is 10.3. The van der Waals surface area contributed by atoms with Crippen molar-refractivity contribution >= 4 is 11.9 Å². The molecule has 0 spiro atoms. The van der Waals surface area contributed by atoms with Gasteiger partial charge in [0.1, 0.15) is 23.4 Å². The minimum atomic E-state index is -0.414. The third-order valence-corrected chi connectivity index (χ3v) is 5.93. The normalized spacial score (nSPS) is 21.4. The maximum absolute atomic E-state index is 13.0. The summed E-state index contributed by atoms with van der Waals surface area (Å²) < 4.78 is 13.2. The van der Waals surface area contributed by atoms with Crippen LogP contribution in [-0.4, -0.2) is 44.6 Å². The molecule has 0 radical (unpaired) electrons. The fraction of sp³-hybridized carbons (Fsp3) is 0.429. The second-order valence-electron chi connectivity index (χ2n) is 7.69. The van der Waals surface area contributed by atoms with Crippen LogP contribution in [0.2, 0.25) is 0 Å². The summed E-state index contributed by atoms with van der Waals surface area (Å²) in [4.78, 5) is 17.5. The van der Waals surface area contributed by atoms with E-state index >= 15 is 0 Å². The van der Waals surface area contributed by atoms with Gasteiger partial charge in [-0.3, -0.25) is 15.2 Å². The first-order valence-electron chi connectivity index (χ1n) is 10.3. The van der Waals surface area contributed by atoms with Crippen molar-refractivity contribution in [2.45, 2.75) is 37.7 Å². The third-order valence-electron chi connectivity index (χ3n) is 5.93. The van der Waals surface area contributed by atoms with Crippen LogP contribution in [0.25, 0.3) is 5.69 Å². The topological polar surface area (TPSA) is 107 Å². The molecule has 2 aromatic heterocycles. The maximum Gasteiger partial charge on any atom is 0.248 e. The zero-order chi connectivity index (χ0) is 20.5. The number of ether oxygens (including phenoxy) is 2. The zero-order valence-corrected chi connectivity index (χ0v) is 16.7. The molecular formula is C21H24N6O3. The predicted octanol–water partition coefficient (Wildman–Crippen LogP) is 2.98. The number of carbonyl (C=O) groups is 1. The molecule has 1 saturated carbocycles. The quantitative estimate of drug-likeness (QED) is 0.649. The Balaban J connectivity index is 1.36. The molecule has 5 rings (SSSR count). The van der Waals surface area contributed by atoms with Gasteiger partial charge in [0.05, 0.1) is 18.7 Å². The third kappa shape index (κ3) is 3.35. The summed E-state index contributed by atoms with van der Waals surface area (Å²) in [5, 5.41) is 14.4. The van der Waals surface area contributed by atoms with Gasteiger partial charge < -0.3 is 9.47 Å². The summed E-state index contributed by atoms with van der Waals surface area (Å²) in [7, 11) is 1.62. The van der Waals surface area contributed by atoms with Gasteiger partial charge >= 0.3 is 0 Å². The molecule has 1 aliphatic heterocycles. The Bertz CT molecular complexity index is 1040. The van der Waals surface area contributed by atoms with Crippen molar-refractivity contribution in [3.63, 3.8) is 0 Å². The molecule has 9 nitrogen and oxygen atoms in total. The van der Waals surface area contributed by atoms with Crippen molar-refractivity contribution in [3.8, 4) is 11.4 Å². The molecule has 3 heterocycles. The molecule has 30 heavy (non-hydrogen) atoms. The van der Waals surface area contributed by atoms with Crippen molar-refractivity contribution in [2.75, 3.05) is 19.0 Å². The van der Waals surface area contributed by atoms with Gasteiger partial charge in [0.15, 0.2) is 0 Å². The molecule has 2 fully saturated rings. The molecule has 9 heteroatoms. The van der Waals surface area contributed by atoms with Gasteiger partial charge in [-0.15, -0.1) is 5.10 Å². The standard InChI is InChI=1S/C21H24N6O3/c1-29-17-8-3-2-7-15(17)27-16(9-11-22-27)18-14(10-12-30-18)20(28)24-21-23-19(25-26-21)13-5-4-6-13/h2-3,7-9,11,13-14,18H,4-6,10,12H2,1H3,(H2,23,24,25,26,28)/t14-,18-/m0/s1. The number of carbonyl (C=O) groups excluding carboxylic acids is 1. The minimum absolute atomic E-state index is 0.149. The number of H-pyrrole nitrogens is 1. The van der Waals surface area contributed by atoms with Crippen LogP contribution in [0.3, 0.4) is 0 Å². The van der Waals surface area contributed by atoms with Crippen molar-refractivity contribution in [1.29, 1.82) is 0 Å². The molecule has 0 unspecified atom stereocenters. The average Bonchev–Trinajstić information content (AvgIpc) is 3.46. The predicted molar refractivity (Wildman–Crippen MR) is 109 cm³/mol. The van der Waals surface area contributed by atoms with E-state index in [1.165, 1.54) is 6.42 Å². The van der Waals surface area contributed by atoms with E-state index in [1.54, 1.807) is 18.0 Å². The maximum atomic E-state index is 13.0. The summed E-state index contributed by atoms with van der Waals surface area (Å²) in [6, 6.07) is 9.51. The van der Waals surface area contributed by atoms with Crippen LogP contribution >= 0.6 is 0 Å². The van der Waals surface area contributed by atoms with E-state index in [9.17, 15) is 4.79 Å². The molecule has 2 atom stereocenters. The van der Waals surface area contributed by atoms with Gasteiger partial charge in [-0.1, -0.05) is 18.6 Å². The fourth-order valence-electron chi connectivity index (χ4n) is 4.08. The van der Waals surface area contributed by atoms with E-state index in [4.69, 9.17) is 9.47 Å². The van der Waals surface area contributed by atoms with Gasteiger partial charge in [0, 0.05) is 18.7 Å². The second-order valence-corrected chi connectivity index (χ2v) is 7.69. The van der Waals surface area contributed by atoms with E-state index in [-0.39, 0.29) is 11.8 Å². The number of para-hydroxylation sites is 2. The van der Waals surface area contributed by atoms with Crippen LogP contribution in [-0.2, 0) is 9.53 Å². The van der Waals surface area contributed by atoms with Crippen LogP contribution in [0, 0.1) is 5.92 Å². The number of methoxy groups -OCH3 is 1. The molecular weight excluding hydrogens is 384 g/mol. The van der Waals surface area contributed by atoms with Crippen LogP contribution in [0.1, 0.15) is 49.2 Å². The van der Waals surface area contributed by atoms with Crippen molar-refractivity contribution < 1.29 is 14.3 Å². The van der Waals surface area contributed by atoms with E-state index in [0.717, 1.165) is 30.0 Å². The lowest BCUT2D eigenvalue weighted by molar-refractivity contribution is -0.121. The summed E-state index contributed by atoms with van der Waals surface area (Å²) in [6.45, 7) is 0.501. The largest absolute Gasteiger partial charge is 0.494 e. The van der Waals surface area contributed by atoms with Crippen LogP contribution in [0.15, 0.2) is 36.5 Å². The summed E-state index contributed by atoms with van der Waals surface area (Å²) >= 11 is 0. The summed E-state index contributed by atoms with van der Waals surface area (Å²) in [6.07, 6.45) is 5.37. The molecule has 156 valence electrons. The monoisotopic (exact) mass is 408 g/mol. The lowest BCUT2D eigenvalue weighted by atomic mass is 9.85. The highest BCUT2D eigenvalue weighted by molar-refractivity contribution is 5.91. The van der Waals surface area contributed by atoms with E-state index in [2.05, 4.69) is 25.6 Å². The number of aromatic nitrogens is 5. The van der Waals surface area contributed by atoms with Crippen LogP contribution in [0.4, 0.5) is 5.95 Å². The number of nitrogens with zero attached hydrogens (tertiary/aromatic N) is 4. The Morgan fingerprint density at radius 1 is 1.27 bits per heavy atom. The molecule has 1 amide bonds. The molecule has 1 saturated heterocycles. The Kier molecular flexibility index (Phi) is 4.96. The molecule has 1 aromatic carbocycles. The van der Waals surface area contributed by atoms with E-state index < -0.39 is 6.10 Å². The second kappa shape index (κ2) is 7.91. The first-order chi connectivity index (χ1) is 14.7. The SMILES string of the molecule is COc1ccccc1-n1nccc1[C@H]1OCC[C@@H]1C(=O)Nc1n[nH]c(C2CCC2)n1. The first kappa shape index (κ1) is 18.8. The Labute approximate surface area is 173 Å². The molecule has 3 aromatic rings. The number of hydrogen-bond donors (Lipinski definition) is 2. The number of aromatic amines is 1. The van der Waals surface area contributed by atoms with Gasteiger partial charge in [-0.2, -0.15) is 10.1 Å². The molecule has 2 aliphatic rings. The van der Waals surface area contributed by atoms with E-state index in [0.29, 0.717) is 30.6 Å². The Hall–Kier alpha value is -3.20. The van der Waals surface area contributed by atoms with Crippen molar-refractivity contribution in [3.05, 3.63) is 48.0 Å². The van der Waals surface area contributed by atoms with Gasteiger partial charge in [0.25, 0.3) is 0 Å². The highest BCUT2D eigenvalue weighted by Crippen LogP contribution is 2.37. The van der Waals surface area contributed by atoms with Crippen molar-refractivity contribution in [1.82, 2.24) is 25.0 Å². The Morgan fingerprint density at radius 3 is 2.93 bits per heavy atom. The Morgan fingerprint density at radius 2 is 2.13 bits per heavy atom. The lowest BCUT2D eigenvalue weighted by Crippen LogP contribution is -2.27. The zero-order valence-electron chi connectivity index (χ0n) is 16.7. The molecule has 0 bridgehead atoms. The number of nitrogens with one attached hydrogen (secondary N) is 2. The number of anilines is 1. The number of amides is 1. The fourth-order valence-corrected chi connectivity index (χ4v) is 4.08. The number of benzene rings is 1. The summed E-state index contributed by atoms with van der Waals surface area (Å²) in [5.74, 6) is 1.80. The number of rotatable bonds is 6. The van der Waals surface area contributed by atoms with Gasteiger partial charge in [-0.05, 0) is 37.5 Å². The lowest BCUT2D eigenvalue weighted by Gasteiger charge is -2.22.